The van der Waals surface area contributed by atoms with Crippen molar-refractivity contribution in [2.45, 2.75) is 30.3 Å². The lowest BCUT2D eigenvalue weighted by Crippen LogP contribution is -2.58. The molecular formula is C20H17F2N3O2. The van der Waals surface area contributed by atoms with Crippen LogP contribution in [0, 0.1) is 11.6 Å². The van der Waals surface area contributed by atoms with Crippen LogP contribution in [0.5, 0.6) is 0 Å². The molecule has 2 fully saturated rings. The Bertz CT molecular complexity index is 982. The Labute approximate surface area is 154 Å². The number of β-amino-alcohol motifs (C(OH)–C–C–N with tert-alkyl or cyclic N) is 1. The summed E-state index contributed by atoms with van der Waals surface area (Å²) >= 11 is 0. The molecule has 1 saturated heterocycles. The molecule has 2 atom stereocenters. The topological polar surface area (TPSA) is 66.3 Å². The van der Waals surface area contributed by atoms with Crippen molar-refractivity contribution in [3.63, 3.8) is 0 Å². The number of aliphatic hydroxyl groups excluding tert-OH is 1. The number of nitrogens with zero attached hydrogens (tertiary/aromatic N) is 3. The molecule has 0 spiro atoms. The first-order valence-electron chi connectivity index (χ1n) is 8.92. The highest BCUT2D eigenvalue weighted by molar-refractivity contribution is 5.95. The zero-order valence-electron chi connectivity index (χ0n) is 14.5. The van der Waals surface area contributed by atoms with Crippen molar-refractivity contribution in [3.05, 3.63) is 59.3 Å². The lowest BCUT2D eigenvalue weighted by molar-refractivity contribution is -0.146. The lowest BCUT2D eigenvalue weighted by atomic mass is 9.79. The van der Waals surface area contributed by atoms with Crippen molar-refractivity contribution >= 4 is 5.91 Å². The summed E-state index contributed by atoms with van der Waals surface area (Å²) in [5, 5.41) is 17.8. The number of aliphatic hydroxyl groups is 1. The highest BCUT2D eigenvalue weighted by Crippen LogP contribution is 2.60. The number of hydrogen-bond acceptors (Lipinski definition) is 4. The van der Waals surface area contributed by atoms with Crippen molar-refractivity contribution in [2.75, 3.05) is 13.1 Å². The van der Waals surface area contributed by atoms with Crippen LogP contribution in [0.15, 0.2) is 36.4 Å². The molecule has 0 unspecified atom stereocenters. The molecule has 1 amide bonds. The number of carbonyl (C=O) groups is 1. The summed E-state index contributed by atoms with van der Waals surface area (Å²) in [4.78, 5) is 14.8. The van der Waals surface area contributed by atoms with Gasteiger partial charge in [-0.05, 0) is 42.2 Å². The Morgan fingerprint density at radius 2 is 1.96 bits per heavy atom. The van der Waals surface area contributed by atoms with Gasteiger partial charge < -0.3 is 10.0 Å². The maximum absolute atomic E-state index is 14.1. The van der Waals surface area contributed by atoms with E-state index in [4.69, 9.17) is 0 Å². The van der Waals surface area contributed by atoms with Crippen LogP contribution >= 0.6 is 0 Å². The molecule has 1 aromatic heterocycles. The van der Waals surface area contributed by atoms with Crippen molar-refractivity contribution in [1.29, 1.82) is 0 Å². The number of halogens is 2. The van der Waals surface area contributed by atoms with E-state index < -0.39 is 23.2 Å². The van der Waals surface area contributed by atoms with Crippen LogP contribution in [-0.4, -0.2) is 45.3 Å². The fourth-order valence-electron chi connectivity index (χ4n) is 4.71. The SMILES string of the molecule is C=C1[C@@H]2CC[C@@]1(C(=O)N1CC(O)C1)c1nnc(-c3c(F)cccc3F)cc12. The fourth-order valence-corrected chi connectivity index (χ4v) is 4.71. The van der Waals surface area contributed by atoms with E-state index in [0.29, 0.717) is 25.2 Å². The van der Waals surface area contributed by atoms with Gasteiger partial charge in [-0.1, -0.05) is 12.6 Å². The predicted octanol–water partition coefficient (Wildman–Crippen LogP) is 2.31. The van der Waals surface area contributed by atoms with Crippen LogP contribution in [0.2, 0.25) is 0 Å². The molecule has 27 heavy (non-hydrogen) atoms. The van der Waals surface area contributed by atoms with Gasteiger partial charge in [-0.25, -0.2) is 8.78 Å². The van der Waals surface area contributed by atoms with Crippen LogP contribution < -0.4 is 0 Å². The second-order valence-electron chi connectivity index (χ2n) is 7.52. The van der Waals surface area contributed by atoms with Crippen LogP contribution in [0.25, 0.3) is 11.3 Å². The molecule has 1 N–H and O–H groups in total. The number of fused-ring (bicyclic) bond motifs is 5. The maximum Gasteiger partial charge on any atom is 0.239 e. The molecule has 2 aromatic rings. The predicted molar refractivity (Wildman–Crippen MR) is 92.8 cm³/mol. The van der Waals surface area contributed by atoms with Crippen molar-refractivity contribution in [1.82, 2.24) is 15.1 Å². The van der Waals surface area contributed by atoms with E-state index in [-0.39, 0.29) is 23.1 Å². The molecule has 7 heteroatoms. The first-order valence-corrected chi connectivity index (χ1v) is 8.92. The Morgan fingerprint density at radius 3 is 2.63 bits per heavy atom. The third kappa shape index (κ3) is 2.03. The summed E-state index contributed by atoms with van der Waals surface area (Å²) in [6.45, 7) is 4.77. The second kappa shape index (κ2) is 5.42. The molecular weight excluding hydrogens is 352 g/mol. The number of hydrogen-bond donors (Lipinski definition) is 1. The third-order valence-electron chi connectivity index (χ3n) is 6.11. The first kappa shape index (κ1) is 16.5. The molecule has 1 aromatic carbocycles. The molecule has 1 saturated carbocycles. The summed E-state index contributed by atoms with van der Waals surface area (Å²) in [7, 11) is 0. The van der Waals surface area contributed by atoms with E-state index in [0.717, 1.165) is 17.6 Å². The highest BCUT2D eigenvalue weighted by Gasteiger charge is 2.60. The Morgan fingerprint density at radius 1 is 1.26 bits per heavy atom. The average molecular weight is 369 g/mol. The molecule has 2 aliphatic carbocycles. The van der Waals surface area contributed by atoms with Crippen LogP contribution in [-0.2, 0) is 10.2 Å². The minimum atomic E-state index is -0.931. The zero-order chi connectivity index (χ0) is 18.9. The smallest absolute Gasteiger partial charge is 0.239 e. The van der Waals surface area contributed by atoms with Gasteiger partial charge >= 0.3 is 0 Å². The van der Waals surface area contributed by atoms with Crippen molar-refractivity contribution < 1.29 is 18.7 Å². The molecule has 5 rings (SSSR count). The van der Waals surface area contributed by atoms with E-state index in [2.05, 4.69) is 16.8 Å². The van der Waals surface area contributed by atoms with E-state index in [1.807, 2.05) is 0 Å². The quantitative estimate of drug-likeness (QED) is 0.825. The van der Waals surface area contributed by atoms with Crippen molar-refractivity contribution in [2.24, 2.45) is 0 Å². The van der Waals surface area contributed by atoms with Crippen LogP contribution in [0.4, 0.5) is 8.78 Å². The van der Waals surface area contributed by atoms with Gasteiger partial charge in [0.2, 0.25) is 5.91 Å². The van der Waals surface area contributed by atoms with Crippen LogP contribution in [0.3, 0.4) is 0 Å². The van der Waals surface area contributed by atoms with Crippen LogP contribution in [0.1, 0.15) is 30.0 Å². The minimum absolute atomic E-state index is 0.0702. The third-order valence-corrected chi connectivity index (χ3v) is 6.11. The van der Waals surface area contributed by atoms with Gasteiger partial charge in [0.1, 0.15) is 17.0 Å². The van der Waals surface area contributed by atoms with Crippen molar-refractivity contribution in [3.8, 4) is 11.3 Å². The van der Waals surface area contributed by atoms with E-state index in [1.165, 1.54) is 18.2 Å². The van der Waals surface area contributed by atoms with Gasteiger partial charge in [-0.3, -0.25) is 4.79 Å². The maximum atomic E-state index is 14.1. The Kier molecular flexibility index (Phi) is 3.31. The first-order chi connectivity index (χ1) is 12.9. The number of benzene rings is 1. The summed E-state index contributed by atoms with van der Waals surface area (Å²) in [6.07, 6.45) is 0.838. The van der Waals surface area contributed by atoms with Gasteiger partial charge in [-0.15, -0.1) is 5.10 Å². The largest absolute Gasteiger partial charge is 0.389 e. The molecule has 5 nitrogen and oxygen atoms in total. The van der Waals surface area contributed by atoms with Gasteiger partial charge in [0.05, 0.1) is 23.1 Å². The summed E-state index contributed by atoms with van der Waals surface area (Å²) < 4.78 is 28.3. The van der Waals surface area contributed by atoms with Gasteiger partial charge in [-0.2, -0.15) is 5.10 Å². The van der Waals surface area contributed by atoms with Gasteiger partial charge in [0.25, 0.3) is 0 Å². The summed E-state index contributed by atoms with van der Waals surface area (Å²) in [5.41, 5.74) is 1.05. The standard InChI is InChI=1S/C20H17F2N3O2/c1-10-12-5-6-20(10,19(27)25-8-11(26)9-25)18-13(12)7-16(23-24-18)17-14(21)3-2-4-15(17)22/h2-4,7,11-12,26H,1,5-6,8-9H2/t12-,20-/m0/s1. The molecule has 3 aliphatic rings. The zero-order valence-corrected chi connectivity index (χ0v) is 14.5. The molecule has 2 bridgehead atoms. The fraction of sp³-hybridized carbons (Fsp3) is 0.350. The highest BCUT2D eigenvalue weighted by atomic mass is 19.1. The molecule has 138 valence electrons. The Hall–Kier alpha value is -2.67. The van der Waals surface area contributed by atoms with E-state index in [1.54, 1.807) is 11.0 Å². The lowest BCUT2D eigenvalue weighted by Gasteiger charge is -2.41. The number of carbonyl (C=O) groups excluding carboxylic acids is 1. The molecule has 1 aliphatic heterocycles. The monoisotopic (exact) mass is 369 g/mol. The number of likely N-dealkylation sites (tertiary alicyclic amines) is 1. The second-order valence-corrected chi connectivity index (χ2v) is 7.52. The number of aromatic nitrogens is 2. The summed E-state index contributed by atoms with van der Waals surface area (Å²) in [6, 6.07) is 5.30. The number of amides is 1. The van der Waals surface area contributed by atoms with E-state index >= 15 is 0 Å². The van der Waals surface area contributed by atoms with Gasteiger partial charge in [0.15, 0.2) is 0 Å². The minimum Gasteiger partial charge on any atom is -0.389 e. The Balaban J connectivity index is 1.61. The van der Waals surface area contributed by atoms with Gasteiger partial charge in [0, 0.05) is 19.0 Å². The molecule has 2 heterocycles. The van der Waals surface area contributed by atoms with E-state index in [9.17, 15) is 18.7 Å². The average Bonchev–Trinajstić information content (AvgIpc) is 3.08. The normalized spacial score (nSPS) is 26.3. The summed E-state index contributed by atoms with van der Waals surface area (Å²) in [5.74, 6) is -1.59. The number of rotatable bonds is 2. The molecule has 0 radical (unpaired) electrons.